The topological polar surface area (TPSA) is 93.0 Å². The molecule has 8 nitrogen and oxygen atoms in total. The molecule has 1 fully saturated rings. The first-order chi connectivity index (χ1) is 13.6. The van der Waals surface area contributed by atoms with Crippen molar-refractivity contribution in [2.45, 2.75) is 31.1 Å². The molecule has 1 saturated heterocycles. The van der Waals surface area contributed by atoms with E-state index < -0.39 is 10.0 Å². The zero-order chi connectivity index (χ0) is 19.6. The van der Waals surface area contributed by atoms with Gasteiger partial charge < -0.3 is 4.90 Å². The largest absolute Gasteiger partial charge is 0.369 e. The first kappa shape index (κ1) is 18.4. The fraction of sp³-hybridized carbons (Fsp3) is 0.316. The summed E-state index contributed by atoms with van der Waals surface area (Å²) in [7, 11) is -3.69. The van der Waals surface area contributed by atoms with Gasteiger partial charge in [0.1, 0.15) is 0 Å². The van der Waals surface area contributed by atoms with E-state index in [1.165, 1.54) is 23.7 Å². The third-order valence-electron chi connectivity index (χ3n) is 4.78. The van der Waals surface area contributed by atoms with E-state index in [1.54, 1.807) is 30.7 Å². The van der Waals surface area contributed by atoms with Gasteiger partial charge in [-0.05, 0) is 30.9 Å². The molecule has 0 unspecified atom stereocenters. The van der Waals surface area contributed by atoms with Gasteiger partial charge >= 0.3 is 0 Å². The summed E-state index contributed by atoms with van der Waals surface area (Å²) in [6, 6.07) is 6.96. The van der Waals surface area contributed by atoms with Crippen molar-refractivity contribution in [2.24, 2.45) is 0 Å². The lowest BCUT2D eigenvalue weighted by Crippen LogP contribution is -2.18. The predicted octanol–water partition coefficient (Wildman–Crippen LogP) is 2.63. The normalized spacial score (nSPS) is 14.4. The Kier molecular flexibility index (Phi) is 4.99. The number of benzene rings is 1. The highest BCUT2D eigenvalue weighted by atomic mass is 32.2. The van der Waals surface area contributed by atoms with Crippen LogP contribution in [0.1, 0.15) is 25.3 Å². The lowest BCUT2D eigenvalue weighted by Gasteiger charge is -2.16. The standard InChI is InChI=1S/C19H22N6O2S/c1-2-15-7-3-4-8-18(15)28(26,27)23-16-11-22-25(14-16)19-20-12-17(13-21-19)24-9-5-6-10-24/h3-4,7-8,11-14,23H,2,5-6,9-10H2,1H3. The molecule has 0 aliphatic carbocycles. The summed E-state index contributed by atoms with van der Waals surface area (Å²) in [5.41, 5.74) is 2.12. The van der Waals surface area contributed by atoms with Gasteiger partial charge in [0.25, 0.3) is 16.0 Å². The highest BCUT2D eigenvalue weighted by Gasteiger charge is 2.19. The second-order valence-corrected chi connectivity index (χ2v) is 8.33. The average Bonchev–Trinajstić information content (AvgIpc) is 3.40. The van der Waals surface area contributed by atoms with Gasteiger partial charge in [-0.3, -0.25) is 4.72 Å². The van der Waals surface area contributed by atoms with E-state index in [-0.39, 0.29) is 4.90 Å². The molecule has 0 atom stereocenters. The van der Waals surface area contributed by atoms with Crippen LogP contribution in [0, 0.1) is 0 Å². The Morgan fingerprint density at radius 1 is 1.07 bits per heavy atom. The maximum atomic E-state index is 12.7. The Balaban J connectivity index is 1.53. The lowest BCUT2D eigenvalue weighted by molar-refractivity contribution is 0.600. The number of sulfonamides is 1. The minimum Gasteiger partial charge on any atom is -0.369 e. The predicted molar refractivity (Wildman–Crippen MR) is 107 cm³/mol. The molecular formula is C19H22N6O2S. The molecule has 1 N–H and O–H groups in total. The monoisotopic (exact) mass is 398 g/mol. The van der Waals surface area contributed by atoms with E-state index in [0.29, 0.717) is 18.1 Å². The Bertz CT molecular complexity index is 1060. The van der Waals surface area contributed by atoms with Crippen LogP contribution in [-0.4, -0.2) is 41.3 Å². The molecule has 146 valence electrons. The molecular weight excluding hydrogens is 376 g/mol. The average molecular weight is 398 g/mol. The van der Waals surface area contributed by atoms with E-state index in [9.17, 15) is 8.42 Å². The van der Waals surface area contributed by atoms with Crippen LogP contribution in [0.5, 0.6) is 0 Å². The molecule has 0 radical (unpaired) electrons. The maximum Gasteiger partial charge on any atom is 0.262 e. The number of hydrogen-bond acceptors (Lipinski definition) is 6. The van der Waals surface area contributed by atoms with Crippen LogP contribution in [0.2, 0.25) is 0 Å². The van der Waals surface area contributed by atoms with Crippen LogP contribution >= 0.6 is 0 Å². The fourth-order valence-electron chi connectivity index (χ4n) is 3.32. The van der Waals surface area contributed by atoms with Gasteiger partial charge in [0.05, 0.1) is 41.1 Å². The van der Waals surface area contributed by atoms with Crippen LogP contribution in [0.15, 0.2) is 53.9 Å². The SMILES string of the molecule is CCc1ccccc1S(=O)(=O)Nc1cnn(-c2ncc(N3CCCC3)cn2)c1. The molecule has 2 aromatic heterocycles. The van der Waals surface area contributed by atoms with E-state index in [0.717, 1.165) is 24.3 Å². The number of aryl methyl sites for hydroxylation is 1. The lowest BCUT2D eigenvalue weighted by atomic mass is 10.2. The summed E-state index contributed by atoms with van der Waals surface area (Å²) in [4.78, 5) is 11.2. The van der Waals surface area contributed by atoms with Crippen LogP contribution in [-0.2, 0) is 16.4 Å². The number of rotatable bonds is 6. The van der Waals surface area contributed by atoms with Crippen molar-refractivity contribution in [3.8, 4) is 5.95 Å². The molecule has 9 heteroatoms. The number of nitrogens with zero attached hydrogens (tertiary/aromatic N) is 5. The van der Waals surface area contributed by atoms with Gasteiger partial charge in [0, 0.05) is 13.1 Å². The van der Waals surface area contributed by atoms with E-state index >= 15 is 0 Å². The van der Waals surface area contributed by atoms with Crippen LogP contribution < -0.4 is 9.62 Å². The van der Waals surface area contributed by atoms with Crippen molar-refractivity contribution in [1.29, 1.82) is 0 Å². The highest BCUT2D eigenvalue weighted by molar-refractivity contribution is 7.92. The van der Waals surface area contributed by atoms with Crippen molar-refractivity contribution < 1.29 is 8.42 Å². The van der Waals surface area contributed by atoms with Gasteiger partial charge in [0.15, 0.2) is 0 Å². The van der Waals surface area contributed by atoms with Gasteiger partial charge in [-0.2, -0.15) is 5.10 Å². The molecule has 4 rings (SSSR count). The number of anilines is 2. The van der Waals surface area contributed by atoms with Crippen molar-refractivity contribution in [2.75, 3.05) is 22.7 Å². The van der Waals surface area contributed by atoms with Gasteiger partial charge in [0.2, 0.25) is 0 Å². The molecule has 0 saturated carbocycles. The van der Waals surface area contributed by atoms with Crippen molar-refractivity contribution in [3.63, 3.8) is 0 Å². The highest BCUT2D eigenvalue weighted by Crippen LogP contribution is 2.21. The fourth-order valence-corrected chi connectivity index (χ4v) is 4.67. The van der Waals surface area contributed by atoms with Crippen molar-refractivity contribution in [3.05, 3.63) is 54.6 Å². The quantitative estimate of drug-likeness (QED) is 0.686. The first-order valence-electron chi connectivity index (χ1n) is 9.29. The molecule has 1 aliphatic rings. The Hall–Kier alpha value is -2.94. The Morgan fingerprint density at radius 2 is 1.79 bits per heavy atom. The second kappa shape index (κ2) is 7.59. The van der Waals surface area contributed by atoms with Crippen molar-refractivity contribution >= 4 is 21.4 Å². The molecule has 0 bridgehead atoms. The third kappa shape index (κ3) is 3.70. The number of aromatic nitrogens is 4. The molecule has 1 aliphatic heterocycles. The molecule has 3 aromatic rings. The Morgan fingerprint density at radius 3 is 2.50 bits per heavy atom. The van der Waals surface area contributed by atoms with E-state index in [1.807, 2.05) is 19.1 Å². The Labute approximate surface area is 164 Å². The molecule has 3 heterocycles. The zero-order valence-electron chi connectivity index (χ0n) is 15.6. The summed E-state index contributed by atoms with van der Waals surface area (Å²) in [5, 5.41) is 4.19. The summed E-state index contributed by atoms with van der Waals surface area (Å²) < 4.78 is 29.5. The van der Waals surface area contributed by atoms with E-state index in [4.69, 9.17) is 0 Å². The minimum absolute atomic E-state index is 0.275. The summed E-state index contributed by atoms with van der Waals surface area (Å²) in [5.74, 6) is 0.391. The summed E-state index contributed by atoms with van der Waals surface area (Å²) in [6.07, 6.45) is 9.57. The third-order valence-corrected chi connectivity index (χ3v) is 6.26. The van der Waals surface area contributed by atoms with Crippen LogP contribution in [0.3, 0.4) is 0 Å². The molecule has 0 spiro atoms. The molecule has 28 heavy (non-hydrogen) atoms. The minimum atomic E-state index is -3.69. The summed E-state index contributed by atoms with van der Waals surface area (Å²) in [6.45, 7) is 3.97. The first-order valence-corrected chi connectivity index (χ1v) is 10.8. The van der Waals surface area contributed by atoms with Gasteiger partial charge in [-0.25, -0.2) is 23.1 Å². The molecule has 1 aromatic carbocycles. The second-order valence-electron chi connectivity index (χ2n) is 6.68. The van der Waals surface area contributed by atoms with Gasteiger partial charge in [-0.1, -0.05) is 25.1 Å². The number of nitrogens with one attached hydrogen (secondary N) is 1. The molecule has 0 amide bonds. The number of hydrogen-bond donors (Lipinski definition) is 1. The van der Waals surface area contributed by atoms with Gasteiger partial charge in [-0.15, -0.1) is 0 Å². The zero-order valence-corrected chi connectivity index (χ0v) is 16.4. The van der Waals surface area contributed by atoms with E-state index in [2.05, 4.69) is 24.7 Å². The van der Waals surface area contributed by atoms with Crippen LogP contribution in [0.4, 0.5) is 11.4 Å². The van der Waals surface area contributed by atoms with Crippen molar-refractivity contribution in [1.82, 2.24) is 19.7 Å². The summed E-state index contributed by atoms with van der Waals surface area (Å²) >= 11 is 0. The maximum absolute atomic E-state index is 12.7. The van der Waals surface area contributed by atoms with Crippen LogP contribution in [0.25, 0.3) is 5.95 Å². The smallest absolute Gasteiger partial charge is 0.262 e.